The number of nitrogens with zero attached hydrogens (tertiary/aromatic N) is 1. The number of hydrogen-bond donors (Lipinski definition) is 0. The molecule has 0 aromatic rings. The van der Waals surface area contributed by atoms with Gasteiger partial charge in [0.1, 0.15) is 0 Å². The van der Waals surface area contributed by atoms with Crippen LogP contribution in [0.4, 0.5) is 8.96 Å². The SMILES string of the molecule is FN(F)CCC1CCO1. The van der Waals surface area contributed by atoms with Gasteiger partial charge in [-0.2, -0.15) is 0 Å². The van der Waals surface area contributed by atoms with Crippen LogP contribution in [0.5, 0.6) is 0 Å². The molecule has 0 N–H and O–H groups in total. The summed E-state index contributed by atoms with van der Waals surface area (Å²) >= 11 is 0. The summed E-state index contributed by atoms with van der Waals surface area (Å²) in [6.45, 7) is 0.563. The van der Waals surface area contributed by atoms with E-state index in [0.29, 0.717) is 6.42 Å². The first-order chi connectivity index (χ1) is 4.29. The Bertz CT molecular complexity index is 85.0. The van der Waals surface area contributed by atoms with Crippen molar-refractivity contribution < 1.29 is 13.7 Å². The molecule has 1 rings (SSSR count). The first-order valence-corrected chi connectivity index (χ1v) is 3.00. The summed E-state index contributed by atoms with van der Waals surface area (Å²) in [7, 11) is 0. The zero-order valence-electron chi connectivity index (χ0n) is 5.02. The molecule has 2 nitrogen and oxygen atoms in total. The van der Waals surface area contributed by atoms with E-state index < -0.39 is 5.34 Å². The Hall–Kier alpha value is -0.220. The smallest absolute Gasteiger partial charge is 0.0644 e. The van der Waals surface area contributed by atoms with Gasteiger partial charge in [0.25, 0.3) is 0 Å². The zero-order valence-corrected chi connectivity index (χ0v) is 5.02. The molecule has 1 unspecified atom stereocenters. The molecule has 9 heavy (non-hydrogen) atoms. The van der Waals surface area contributed by atoms with E-state index in [-0.39, 0.29) is 12.6 Å². The fraction of sp³-hybridized carbons (Fsp3) is 1.00. The van der Waals surface area contributed by atoms with Gasteiger partial charge in [0, 0.05) is 12.0 Å². The summed E-state index contributed by atoms with van der Waals surface area (Å²) in [5.41, 5.74) is 0. The van der Waals surface area contributed by atoms with Crippen LogP contribution in [0, 0.1) is 0 Å². The molecule has 4 heteroatoms. The Balaban J connectivity index is 1.91. The van der Waals surface area contributed by atoms with Crippen LogP contribution in [0.1, 0.15) is 12.8 Å². The van der Waals surface area contributed by atoms with Gasteiger partial charge < -0.3 is 4.74 Å². The van der Waals surface area contributed by atoms with Crippen molar-refractivity contribution in [2.75, 3.05) is 13.2 Å². The van der Waals surface area contributed by atoms with E-state index in [2.05, 4.69) is 0 Å². The highest BCUT2D eigenvalue weighted by molar-refractivity contribution is 4.65. The van der Waals surface area contributed by atoms with Crippen molar-refractivity contribution in [2.45, 2.75) is 18.9 Å². The van der Waals surface area contributed by atoms with E-state index in [9.17, 15) is 8.96 Å². The molecule has 1 aliphatic heterocycles. The minimum atomic E-state index is -0.804. The van der Waals surface area contributed by atoms with Crippen LogP contribution in [0.15, 0.2) is 0 Å². The molecule has 0 saturated carbocycles. The van der Waals surface area contributed by atoms with Crippen molar-refractivity contribution in [3.63, 3.8) is 0 Å². The third-order valence-electron chi connectivity index (χ3n) is 1.41. The largest absolute Gasteiger partial charge is 0.378 e. The maximum atomic E-state index is 11.3. The standard InChI is InChI=1S/C5H9F2NO/c6-8(7)3-1-5-2-4-9-5/h5H,1-4H2. The van der Waals surface area contributed by atoms with Crippen LogP contribution in [0.2, 0.25) is 0 Å². The molecule has 1 fully saturated rings. The molecule has 0 aliphatic carbocycles. The van der Waals surface area contributed by atoms with Gasteiger partial charge in [-0.1, -0.05) is 0 Å². The molecule has 0 radical (unpaired) electrons. The van der Waals surface area contributed by atoms with Crippen LogP contribution in [-0.2, 0) is 4.74 Å². The Morgan fingerprint density at radius 3 is 2.56 bits per heavy atom. The maximum absolute atomic E-state index is 11.3. The summed E-state index contributed by atoms with van der Waals surface area (Å²) in [6, 6.07) is 0. The zero-order chi connectivity index (χ0) is 6.69. The summed E-state index contributed by atoms with van der Waals surface area (Å²) in [5.74, 6) is 0. The molecule has 0 aromatic heterocycles. The predicted octanol–water partition coefficient (Wildman–Crippen LogP) is 1.24. The maximum Gasteiger partial charge on any atom is 0.0644 e. The van der Waals surface area contributed by atoms with Crippen molar-refractivity contribution in [2.24, 2.45) is 0 Å². The first-order valence-electron chi connectivity index (χ1n) is 3.00. The summed E-state index contributed by atoms with van der Waals surface area (Å²) < 4.78 is 27.6. The van der Waals surface area contributed by atoms with E-state index in [0.717, 1.165) is 13.0 Å². The van der Waals surface area contributed by atoms with E-state index in [1.54, 1.807) is 0 Å². The van der Waals surface area contributed by atoms with Crippen molar-refractivity contribution >= 4 is 0 Å². The summed E-state index contributed by atoms with van der Waals surface area (Å²) in [6.07, 6.45) is 1.49. The van der Waals surface area contributed by atoms with Crippen LogP contribution < -0.4 is 0 Å². The Morgan fingerprint density at radius 2 is 2.22 bits per heavy atom. The second kappa shape index (κ2) is 3.08. The van der Waals surface area contributed by atoms with Crippen molar-refractivity contribution in [1.82, 2.24) is 5.34 Å². The number of halogens is 2. The minimum Gasteiger partial charge on any atom is -0.378 e. The highest BCUT2D eigenvalue weighted by Crippen LogP contribution is 2.14. The fourth-order valence-corrected chi connectivity index (χ4v) is 0.754. The van der Waals surface area contributed by atoms with Gasteiger partial charge >= 0.3 is 0 Å². The van der Waals surface area contributed by atoms with E-state index in [1.165, 1.54) is 0 Å². The average Bonchev–Trinajstić information content (AvgIpc) is 1.60. The highest BCUT2D eigenvalue weighted by atomic mass is 19.4. The molecule has 1 aliphatic rings. The number of ether oxygens (including phenoxy) is 1. The summed E-state index contributed by atoms with van der Waals surface area (Å²) in [5, 5.41) is -0.804. The lowest BCUT2D eigenvalue weighted by Gasteiger charge is -2.25. The minimum absolute atomic E-state index is 0.0963. The molecule has 0 bridgehead atoms. The normalized spacial score (nSPS) is 26.3. The molecule has 0 spiro atoms. The monoisotopic (exact) mass is 137 g/mol. The highest BCUT2D eigenvalue weighted by Gasteiger charge is 2.18. The fourth-order valence-electron chi connectivity index (χ4n) is 0.754. The molecule has 1 heterocycles. The summed E-state index contributed by atoms with van der Waals surface area (Å²) in [4.78, 5) is 0. The van der Waals surface area contributed by atoms with Crippen LogP contribution in [-0.4, -0.2) is 24.6 Å². The van der Waals surface area contributed by atoms with E-state index in [1.807, 2.05) is 0 Å². The second-order valence-corrected chi connectivity index (χ2v) is 2.10. The molecular weight excluding hydrogens is 128 g/mol. The average molecular weight is 137 g/mol. The van der Waals surface area contributed by atoms with Crippen molar-refractivity contribution in [3.8, 4) is 0 Å². The lowest BCUT2D eigenvalue weighted by atomic mass is 10.1. The lowest BCUT2D eigenvalue weighted by molar-refractivity contribution is -0.165. The Labute approximate surface area is 52.3 Å². The van der Waals surface area contributed by atoms with Gasteiger partial charge in [0.05, 0.1) is 12.6 Å². The van der Waals surface area contributed by atoms with Crippen LogP contribution >= 0.6 is 0 Å². The molecular formula is C5H9F2NO. The van der Waals surface area contributed by atoms with Crippen LogP contribution in [0.3, 0.4) is 0 Å². The predicted molar refractivity (Wildman–Crippen MR) is 27.9 cm³/mol. The number of rotatable bonds is 3. The second-order valence-electron chi connectivity index (χ2n) is 2.10. The van der Waals surface area contributed by atoms with E-state index >= 15 is 0 Å². The van der Waals surface area contributed by atoms with Gasteiger partial charge in [0.2, 0.25) is 0 Å². The molecule has 0 amide bonds. The van der Waals surface area contributed by atoms with Crippen LogP contribution in [0.25, 0.3) is 0 Å². The van der Waals surface area contributed by atoms with Crippen molar-refractivity contribution in [1.29, 1.82) is 0 Å². The van der Waals surface area contributed by atoms with Gasteiger partial charge in [0.15, 0.2) is 0 Å². The Kier molecular flexibility index (Phi) is 2.36. The topological polar surface area (TPSA) is 12.5 Å². The van der Waals surface area contributed by atoms with Gasteiger partial charge in [-0.05, 0) is 12.8 Å². The third kappa shape index (κ3) is 2.24. The quantitative estimate of drug-likeness (QED) is 0.542. The van der Waals surface area contributed by atoms with Gasteiger partial charge in [-0.25, -0.2) is 0 Å². The number of hydrogen-bond acceptors (Lipinski definition) is 2. The Morgan fingerprint density at radius 1 is 1.56 bits per heavy atom. The third-order valence-corrected chi connectivity index (χ3v) is 1.41. The lowest BCUT2D eigenvalue weighted by Crippen LogP contribution is -2.28. The van der Waals surface area contributed by atoms with Gasteiger partial charge in [-0.3, -0.25) is 0 Å². The van der Waals surface area contributed by atoms with Crippen molar-refractivity contribution in [3.05, 3.63) is 0 Å². The van der Waals surface area contributed by atoms with Gasteiger partial charge in [-0.15, -0.1) is 8.96 Å². The van der Waals surface area contributed by atoms with E-state index in [4.69, 9.17) is 4.74 Å². The molecule has 0 aromatic carbocycles. The molecule has 1 atom stereocenters. The first kappa shape index (κ1) is 6.89. The molecule has 1 saturated heterocycles. The molecule has 54 valence electrons.